The van der Waals surface area contributed by atoms with Crippen LogP contribution in [0.5, 0.6) is 11.5 Å². The Labute approximate surface area is 139 Å². The van der Waals surface area contributed by atoms with Gasteiger partial charge in [0.1, 0.15) is 11.5 Å². The lowest BCUT2D eigenvalue weighted by Gasteiger charge is -2.05. The molecule has 3 aromatic carbocycles. The van der Waals surface area contributed by atoms with Crippen LogP contribution in [0.2, 0.25) is 0 Å². The highest BCUT2D eigenvalue weighted by atomic mass is 16.3. The summed E-state index contributed by atoms with van der Waals surface area (Å²) in [6, 6.07) is 17.4. The predicted octanol–water partition coefficient (Wildman–Crippen LogP) is 1.92. The van der Waals surface area contributed by atoms with Crippen LogP contribution in [0.15, 0.2) is 60.7 Å². The van der Waals surface area contributed by atoms with Gasteiger partial charge in [0, 0.05) is 32.9 Å². The molecular formula is C20H18N2O2. The maximum absolute atomic E-state index is 10.0. The Morgan fingerprint density at radius 2 is 0.958 bits per heavy atom. The highest BCUT2D eigenvalue weighted by Gasteiger charge is 2.02. The molecule has 120 valence electrons. The molecule has 6 N–H and O–H groups in total. The van der Waals surface area contributed by atoms with E-state index in [4.69, 9.17) is 11.5 Å². The van der Waals surface area contributed by atoms with Crippen molar-refractivity contribution in [2.75, 3.05) is 11.5 Å². The Kier molecular flexibility index (Phi) is 4.12. The van der Waals surface area contributed by atoms with E-state index in [1.165, 1.54) is 0 Å². The molecular weight excluding hydrogens is 300 g/mol. The van der Waals surface area contributed by atoms with Crippen molar-refractivity contribution < 1.29 is 10.2 Å². The normalized spacial score (nSPS) is 12.5. The highest BCUT2D eigenvalue weighted by molar-refractivity contribution is 5.68. The first-order valence-electron chi connectivity index (χ1n) is 7.49. The molecule has 24 heavy (non-hydrogen) atoms. The summed E-state index contributed by atoms with van der Waals surface area (Å²) in [5.74, 6) is 0.320. The maximum atomic E-state index is 10.0. The zero-order valence-corrected chi connectivity index (χ0v) is 13.0. The van der Waals surface area contributed by atoms with Crippen LogP contribution in [-0.2, 0) is 0 Å². The van der Waals surface area contributed by atoms with E-state index >= 15 is 0 Å². The first-order chi connectivity index (χ1) is 11.6. The fraction of sp³-hybridized carbons (Fsp3) is 0. The molecule has 0 heterocycles. The Bertz CT molecular complexity index is 928. The molecule has 0 aliphatic heterocycles. The van der Waals surface area contributed by atoms with Crippen molar-refractivity contribution in [2.24, 2.45) is 0 Å². The molecule has 0 aromatic heterocycles. The third-order valence-corrected chi connectivity index (χ3v) is 3.83. The number of aromatic hydroxyl groups is 2. The molecule has 3 rings (SSSR count). The second-order valence-corrected chi connectivity index (χ2v) is 5.48. The van der Waals surface area contributed by atoms with Crippen LogP contribution in [0.25, 0.3) is 12.2 Å². The first kappa shape index (κ1) is 15.5. The number of para-hydroxylation sites is 2. The molecule has 0 saturated carbocycles. The van der Waals surface area contributed by atoms with E-state index in [1.54, 1.807) is 60.7 Å². The molecule has 0 saturated heterocycles. The van der Waals surface area contributed by atoms with Crippen LogP contribution < -0.4 is 21.9 Å². The summed E-state index contributed by atoms with van der Waals surface area (Å²) in [6.07, 6.45) is 3.57. The lowest BCUT2D eigenvalue weighted by molar-refractivity contribution is 0.473. The molecule has 4 nitrogen and oxygen atoms in total. The van der Waals surface area contributed by atoms with Gasteiger partial charge in [0.25, 0.3) is 0 Å². The number of benzene rings is 3. The van der Waals surface area contributed by atoms with Gasteiger partial charge in [-0.15, -0.1) is 0 Å². The van der Waals surface area contributed by atoms with Crippen molar-refractivity contribution >= 4 is 23.5 Å². The minimum atomic E-state index is 0.160. The van der Waals surface area contributed by atoms with E-state index in [1.807, 2.05) is 12.1 Å². The number of rotatable bonds is 2. The summed E-state index contributed by atoms with van der Waals surface area (Å²) < 4.78 is 0. The summed E-state index contributed by atoms with van der Waals surface area (Å²) in [5, 5.41) is 21.4. The smallest absolute Gasteiger partial charge is 0.122 e. The van der Waals surface area contributed by atoms with Crippen molar-refractivity contribution in [1.29, 1.82) is 0 Å². The molecule has 0 aliphatic rings. The molecule has 0 radical (unpaired) electrons. The van der Waals surface area contributed by atoms with Crippen LogP contribution in [0.4, 0.5) is 11.4 Å². The van der Waals surface area contributed by atoms with E-state index in [9.17, 15) is 10.2 Å². The third kappa shape index (κ3) is 3.03. The van der Waals surface area contributed by atoms with Crippen molar-refractivity contribution in [1.82, 2.24) is 0 Å². The van der Waals surface area contributed by atoms with E-state index in [-0.39, 0.29) is 11.5 Å². The van der Waals surface area contributed by atoms with Crippen molar-refractivity contribution in [3.05, 3.63) is 82.2 Å². The summed E-state index contributed by atoms with van der Waals surface area (Å²) in [7, 11) is 0. The van der Waals surface area contributed by atoms with Gasteiger partial charge in [-0.1, -0.05) is 36.4 Å². The van der Waals surface area contributed by atoms with Crippen LogP contribution in [0.1, 0.15) is 11.1 Å². The standard InChI is InChI=1S/C20H18N2O2/c21-17-9-10-18(22)16(12-14-6-2-4-8-20(14)24)15(17)11-13-5-1-3-7-19(13)23/h1-12,23-24H,21-22H2. The van der Waals surface area contributed by atoms with Gasteiger partial charge in [-0.3, -0.25) is 0 Å². The summed E-state index contributed by atoms with van der Waals surface area (Å²) in [4.78, 5) is 0. The van der Waals surface area contributed by atoms with Crippen LogP contribution in [-0.4, -0.2) is 10.2 Å². The predicted molar refractivity (Wildman–Crippen MR) is 97.9 cm³/mol. The number of phenolic OH excluding ortho intramolecular Hbond substituents is 2. The van der Waals surface area contributed by atoms with Gasteiger partial charge in [0.05, 0.1) is 0 Å². The van der Waals surface area contributed by atoms with Gasteiger partial charge in [0.15, 0.2) is 0 Å². The number of anilines is 2. The van der Waals surface area contributed by atoms with Crippen LogP contribution in [0, 0.1) is 0 Å². The number of phenols is 2. The van der Waals surface area contributed by atoms with E-state index < -0.39 is 0 Å². The molecule has 0 aliphatic carbocycles. The minimum Gasteiger partial charge on any atom is -0.507 e. The zero-order chi connectivity index (χ0) is 17.1. The highest BCUT2D eigenvalue weighted by Crippen LogP contribution is 2.17. The van der Waals surface area contributed by atoms with Crippen LogP contribution in [0.3, 0.4) is 0 Å². The Morgan fingerprint density at radius 3 is 1.33 bits per heavy atom. The number of hydrogen-bond donors (Lipinski definition) is 4. The minimum absolute atomic E-state index is 0.160. The quantitative estimate of drug-likeness (QED) is 0.543. The summed E-state index contributed by atoms with van der Waals surface area (Å²) in [5.41, 5.74) is 14.6. The van der Waals surface area contributed by atoms with E-state index in [0.717, 1.165) is 0 Å². The molecule has 0 unspecified atom stereocenters. The summed E-state index contributed by atoms with van der Waals surface area (Å²) in [6.45, 7) is 0. The van der Waals surface area contributed by atoms with Gasteiger partial charge in [-0.25, -0.2) is 0 Å². The Hall–Kier alpha value is -3.40. The number of nitrogens with two attached hydrogens (primary N) is 2. The first-order valence-corrected chi connectivity index (χ1v) is 7.49. The lowest BCUT2D eigenvalue weighted by atomic mass is 10.1. The monoisotopic (exact) mass is 318 g/mol. The fourth-order valence-electron chi connectivity index (χ4n) is 2.52. The lowest BCUT2D eigenvalue weighted by Crippen LogP contribution is -2.30. The second-order valence-electron chi connectivity index (χ2n) is 5.48. The molecule has 0 spiro atoms. The topological polar surface area (TPSA) is 92.5 Å². The van der Waals surface area contributed by atoms with Gasteiger partial charge < -0.3 is 21.7 Å². The van der Waals surface area contributed by atoms with Gasteiger partial charge in [0.2, 0.25) is 0 Å². The van der Waals surface area contributed by atoms with Crippen molar-refractivity contribution in [2.45, 2.75) is 0 Å². The second kappa shape index (κ2) is 6.38. The van der Waals surface area contributed by atoms with Crippen LogP contribution >= 0.6 is 0 Å². The van der Waals surface area contributed by atoms with Gasteiger partial charge >= 0.3 is 0 Å². The fourth-order valence-corrected chi connectivity index (χ4v) is 2.52. The van der Waals surface area contributed by atoms with E-state index in [2.05, 4.69) is 0 Å². The van der Waals surface area contributed by atoms with E-state index in [0.29, 0.717) is 32.9 Å². The third-order valence-electron chi connectivity index (χ3n) is 3.83. The Balaban J connectivity index is 2.34. The average Bonchev–Trinajstić information content (AvgIpc) is 2.57. The Morgan fingerprint density at radius 1 is 0.583 bits per heavy atom. The molecule has 4 heteroatoms. The van der Waals surface area contributed by atoms with Crippen molar-refractivity contribution in [3.63, 3.8) is 0 Å². The maximum Gasteiger partial charge on any atom is 0.122 e. The largest absolute Gasteiger partial charge is 0.507 e. The molecule has 0 amide bonds. The average molecular weight is 318 g/mol. The number of hydrogen-bond acceptors (Lipinski definition) is 4. The zero-order valence-electron chi connectivity index (χ0n) is 13.0. The molecule has 0 atom stereocenters. The number of nitrogen functional groups attached to an aromatic ring is 2. The molecule has 0 fully saturated rings. The van der Waals surface area contributed by atoms with Gasteiger partial charge in [-0.2, -0.15) is 0 Å². The SMILES string of the molecule is Nc1ccc(N)c(=Cc2ccccc2O)c1=Cc1ccccc1O. The van der Waals surface area contributed by atoms with Crippen molar-refractivity contribution in [3.8, 4) is 11.5 Å². The van der Waals surface area contributed by atoms with Gasteiger partial charge in [-0.05, 0) is 36.4 Å². The summed E-state index contributed by atoms with van der Waals surface area (Å²) >= 11 is 0. The molecule has 3 aromatic rings. The molecule has 0 bridgehead atoms.